The first kappa shape index (κ1) is 26.8. The lowest BCUT2D eigenvalue weighted by molar-refractivity contribution is 0.185. The fraction of sp³-hybridized carbons (Fsp3) is 0.571. The molecule has 2 aromatic rings. The monoisotopic (exact) mass is 468 g/mol. The minimum atomic E-state index is -0.252. The van der Waals surface area contributed by atoms with E-state index < -0.39 is 0 Å². The average molecular weight is 469 g/mol. The quantitative estimate of drug-likeness (QED) is 0.543. The summed E-state index contributed by atoms with van der Waals surface area (Å²) in [6, 6.07) is 22.1. The van der Waals surface area contributed by atoms with Gasteiger partial charge in [0.1, 0.15) is 0 Å². The molecule has 4 N–H and O–H groups in total. The normalized spacial score (nSPS) is 25.1. The van der Waals surface area contributed by atoms with Crippen molar-refractivity contribution in [1.82, 2.24) is 15.1 Å². The number of hydrogen-bond donors (Lipinski definition) is 3. The molecule has 2 unspecified atom stereocenters. The van der Waals surface area contributed by atoms with Crippen molar-refractivity contribution in [2.24, 2.45) is 5.73 Å². The number of epoxide rings is 1. The van der Waals surface area contributed by atoms with E-state index in [2.05, 4.69) is 82.7 Å². The van der Waals surface area contributed by atoms with Crippen molar-refractivity contribution >= 4 is 0 Å². The van der Waals surface area contributed by atoms with Crippen molar-refractivity contribution in [3.05, 3.63) is 71.8 Å². The number of benzene rings is 2. The highest BCUT2D eigenvalue weighted by Gasteiger charge is 2.22. The molecule has 0 aliphatic carbocycles. The van der Waals surface area contributed by atoms with Gasteiger partial charge >= 0.3 is 0 Å². The first-order valence-electron chi connectivity index (χ1n) is 12.8. The summed E-state index contributed by atoms with van der Waals surface area (Å²) in [4.78, 5) is 4.88. The van der Waals surface area contributed by atoms with Crippen LogP contribution in [0.2, 0.25) is 0 Å². The standard InChI is InChI=1S/C14H22N2O.C11H16N2.C3H6O/c1-12(17)9-15-14-7-8-16(11-14)10-13-5-3-2-4-6-13;12-11-6-7-13(9-11)8-10-4-2-1-3-5-10;1-3-2-4-3/h2-6,12,14-15,17H,7-11H2,1H3;1-5,11H,6-9,12H2;3H,2H2,1H3/t12?,14-;11-;/m00./s1. The van der Waals surface area contributed by atoms with Crippen LogP contribution in [0.5, 0.6) is 0 Å². The molecule has 0 radical (unpaired) electrons. The number of likely N-dealkylation sites (tertiary alicyclic amines) is 2. The summed E-state index contributed by atoms with van der Waals surface area (Å²) in [6.07, 6.45) is 2.66. The van der Waals surface area contributed by atoms with Gasteiger partial charge < -0.3 is 20.9 Å². The summed E-state index contributed by atoms with van der Waals surface area (Å²) in [5.74, 6) is 0. The molecular formula is C28H44N4O2. The third kappa shape index (κ3) is 11.1. The Morgan fingerprint density at radius 2 is 1.44 bits per heavy atom. The van der Waals surface area contributed by atoms with Gasteiger partial charge in [0.25, 0.3) is 0 Å². The summed E-state index contributed by atoms with van der Waals surface area (Å²) in [5, 5.41) is 12.6. The van der Waals surface area contributed by atoms with E-state index >= 15 is 0 Å². The second-order valence-corrected chi connectivity index (χ2v) is 9.88. The van der Waals surface area contributed by atoms with Crippen LogP contribution < -0.4 is 11.1 Å². The highest BCUT2D eigenvalue weighted by atomic mass is 16.6. The zero-order valence-corrected chi connectivity index (χ0v) is 21.0. The van der Waals surface area contributed by atoms with Crippen LogP contribution in [0.3, 0.4) is 0 Å². The van der Waals surface area contributed by atoms with Crippen LogP contribution in [0.4, 0.5) is 0 Å². The van der Waals surface area contributed by atoms with Crippen LogP contribution in [-0.4, -0.2) is 78.5 Å². The second kappa shape index (κ2) is 14.6. The molecule has 3 heterocycles. The third-order valence-corrected chi connectivity index (χ3v) is 6.28. The first-order chi connectivity index (χ1) is 16.5. The minimum absolute atomic E-state index is 0.252. The van der Waals surface area contributed by atoms with Crippen molar-refractivity contribution in [2.75, 3.05) is 39.3 Å². The molecule has 4 atom stereocenters. The number of rotatable bonds is 7. The summed E-state index contributed by atoms with van der Waals surface area (Å²) in [5.41, 5.74) is 8.60. The summed E-state index contributed by atoms with van der Waals surface area (Å²) in [7, 11) is 0. The molecule has 0 saturated carbocycles. The lowest BCUT2D eigenvalue weighted by Gasteiger charge is -2.17. The van der Waals surface area contributed by atoms with Gasteiger partial charge in [0.2, 0.25) is 0 Å². The van der Waals surface area contributed by atoms with Crippen molar-refractivity contribution in [1.29, 1.82) is 0 Å². The van der Waals surface area contributed by atoms with Gasteiger partial charge in [0, 0.05) is 57.9 Å². The predicted molar refractivity (Wildman–Crippen MR) is 140 cm³/mol. The Morgan fingerprint density at radius 1 is 0.941 bits per heavy atom. The van der Waals surface area contributed by atoms with Gasteiger partial charge in [-0.3, -0.25) is 9.80 Å². The molecule has 6 heteroatoms. The van der Waals surface area contributed by atoms with Crippen molar-refractivity contribution in [2.45, 2.75) is 64.1 Å². The molecule has 5 rings (SSSR count). The number of ether oxygens (including phenoxy) is 1. The topological polar surface area (TPSA) is 77.3 Å². The van der Waals surface area contributed by atoms with E-state index in [0.717, 1.165) is 52.3 Å². The van der Waals surface area contributed by atoms with Gasteiger partial charge in [0.05, 0.1) is 18.8 Å². The Balaban J connectivity index is 0.000000167. The van der Waals surface area contributed by atoms with E-state index in [1.165, 1.54) is 17.5 Å². The Bertz CT molecular complexity index is 786. The molecule has 188 valence electrons. The van der Waals surface area contributed by atoms with Crippen molar-refractivity contribution < 1.29 is 9.84 Å². The van der Waals surface area contributed by atoms with E-state index in [4.69, 9.17) is 10.5 Å². The molecule has 0 aromatic heterocycles. The van der Waals surface area contributed by atoms with Crippen LogP contribution in [0.25, 0.3) is 0 Å². The Hall–Kier alpha value is -1.80. The predicted octanol–water partition coefficient (Wildman–Crippen LogP) is 2.86. The molecule has 3 aliphatic heterocycles. The zero-order valence-electron chi connectivity index (χ0n) is 21.0. The number of nitrogens with one attached hydrogen (secondary N) is 1. The molecule has 3 saturated heterocycles. The Morgan fingerprint density at radius 3 is 1.88 bits per heavy atom. The van der Waals surface area contributed by atoms with Gasteiger partial charge in [-0.2, -0.15) is 0 Å². The maximum Gasteiger partial charge on any atom is 0.0781 e. The average Bonchev–Trinajstić information content (AvgIpc) is 3.31. The summed E-state index contributed by atoms with van der Waals surface area (Å²) < 4.78 is 4.71. The second-order valence-electron chi connectivity index (χ2n) is 9.88. The molecule has 34 heavy (non-hydrogen) atoms. The number of aliphatic hydroxyl groups excluding tert-OH is 1. The molecule has 6 nitrogen and oxygen atoms in total. The van der Waals surface area contributed by atoms with E-state index in [-0.39, 0.29) is 6.10 Å². The Labute approximate surface area is 206 Å². The van der Waals surface area contributed by atoms with Crippen LogP contribution in [0.15, 0.2) is 60.7 Å². The van der Waals surface area contributed by atoms with E-state index in [9.17, 15) is 5.11 Å². The summed E-state index contributed by atoms with van der Waals surface area (Å²) >= 11 is 0. The fourth-order valence-corrected chi connectivity index (χ4v) is 4.27. The summed E-state index contributed by atoms with van der Waals surface area (Å²) in [6.45, 7) is 12.1. The first-order valence-corrected chi connectivity index (χ1v) is 12.8. The van der Waals surface area contributed by atoms with Gasteiger partial charge in [-0.1, -0.05) is 60.7 Å². The van der Waals surface area contributed by atoms with E-state index in [1.807, 2.05) is 6.92 Å². The molecule has 3 fully saturated rings. The smallest absolute Gasteiger partial charge is 0.0781 e. The van der Waals surface area contributed by atoms with Gasteiger partial charge in [-0.05, 0) is 37.8 Å². The maximum atomic E-state index is 9.24. The highest BCUT2D eigenvalue weighted by molar-refractivity contribution is 5.15. The fourth-order valence-electron chi connectivity index (χ4n) is 4.27. The molecule has 0 amide bonds. The SMILES string of the molecule is CC(O)CN[C@H]1CCN(Cc2ccccc2)C1.CC1CO1.N[C@H]1CCN(Cc2ccccc2)C1. The van der Waals surface area contributed by atoms with Gasteiger partial charge in [0.15, 0.2) is 0 Å². The van der Waals surface area contributed by atoms with Crippen LogP contribution >= 0.6 is 0 Å². The maximum absolute atomic E-state index is 9.24. The zero-order chi connectivity index (χ0) is 24.2. The molecule has 3 aliphatic rings. The van der Waals surface area contributed by atoms with Crippen LogP contribution in [-0.2, 0) is 17.8 Å². The van der Waals surface area contributed by atoms with Gasteiger partial charge in [-0.15, -0.1) is 0 Å². The lowest BCUT2D eigenvalue weighted by atomic mass is 10.2. The van der Waals surface area contributed by atoms with E-state index in [0.29, 0.717) is 24.7 Å². The molecule has 0 spiro atoms. The number of nitrogens with zero attached hydrogens (tertiary/aromatic N) is 2. The van der Waals surface area contributed by atoms with E-state index in [1.54, 1.807) is 0 Å². The highest BCUT2D eigenvalue weighted by Crippen LogP contribution is 2.13. The van der Waals surface area contributed by atoms with Crippen LogP contribution in [0, 0.1) is 0 Å². The molecule has 2 aromatic carbocycles. The van der Waals surface area contributed by atoms with Gasteiger partial charge in [-0.25, -0.2) is 0 Å². The van der Waals surface area contributed by atoms with Crippen molar-refractivity contribution in [3.8, 4) is 0 Å². The lowest BCUT2D eigenvalue weighted by Crippen LogP contribution is -2.36. The van der Waals surface area contributed by atoms with Crippen molar-refractivity contribution in [3.63, 3.8) is 0 Å². The Kier molecular flexibility index (Phi) is 11.5. The largest absolute Gasteiger partial charge is 0.392 e. The third-order valence-electron chi connectivity index (χ3n) is 6.28. The minimum Gasteiger partial charge on any atom is -0.392 e. The number of aliphatic hydroxyl groups is 1. The molecular weight excluding hydrogens is 424 g/mol. The number of hydrogen-bond acceptors (Lipinski definition) is 6. The van der Waals surface area contributed by atoms with Crippen LogP contribution in [0.1, 0.15) is 37.8 Å². The molecule has 0 bridgehead atoms. The number of nitrogens with two attached hydrogens (primary N) is 1.